The SMILES string of the molecule is O=C(NCC1(F)CCN(Cc2csc(C3CCCC3)n2)CC1)C1CCOC1. The summed E-state index contributed by atoms with van der Waals surface area (Å²) >= 11 is 1.79. The van der Waals surface area contributed by atoms with E-state index in [0.717, 1.165) is 31.7 Å². The zero-order valence-corrected chi connectivity index (χ0v) is 16.7. The Morgan fingerprint density at radius 1 is 1.33 bits per heavy atom. The number of likely N-dealkylation sites (tertiary alicyclic amines) is 1. The molecule has 0 aromatic carbocycles. The van der Waals surface area contributed by atoms with Gasteiger partial charge in [-0.2, -0.15) is 0 Å². The lowest BCUT2D eigenvalue weighted by molar-refractivity contribution is -0.125. The highest BCUT2D eigenvalue weighted by Crippen LogP contribution is 2.36. The smallest absolute Gasteiger partial charge is 0.225 e. The van der Waals surface area contributed by atoms with E-state index >= 15 is 4.39 Å². The molecular formula is C20H30FN3O2S. The van der Waals surface area contributed by atoms with E-state index in [9.17, 15) is 4.79 Å². The van der Waals surface area contributed by atoms with Crippen molar-refractivity contribution in [2.75, 3.05) is 32.8 Å². The second-order valence-corrected chi connectivity index (χ2v) is 9.25. The number of ether oxygens (including phenoxy) is 1. The van der Waals surface area contributed by atoms with Crippen LogP contribution in [-0.2, 0) is 16.1 Å². The van der Waals surface area contributed by atoms with Crippen molar-refractivity contribution in [1.82, 2.24) is 15.2 Å². The number of thiazole rings is 1. The molecule has 0 bridgehead atoms. The van der Waals surface area contributed by atoms with E-state index in [0.29, 0.717) is 32.0 Å². The van der Waals surface area contributed by atoms with Gasteiger partial charge in [-0.25, -0.2) is 9.37 Å². The van der Waals surface area contributed by atoms with Gasteiger partial charge in [0.25, 0.3) is 0 Å². The van der Waals surface area contributed by atoms with E-state index in [1.807, 2.05) is 0 Å². The van der Waals surface area contributed by atoms with Crippen LogP contribution in [0.15, 0.2) is 5.38 Å². The Morgan fingerprint density at radius 2 is 2.11 bits per heavy atom. The van der Waals surface area contributed by atoms with E-state index in [1.54, 1.807) is 11.3 Å². The largest absolute Gasteiger partial charge is 0.381 e. The number of alkyl halides is 1. The van der Waals surface area contributed by atoms with E-state index in [-0.39, 0.29) is 18.4 Å². The van der Waals surface area contributed by atoms with Gasteiger partial charge in [0, 0.05) is 37.5 Å². The van der Waals surface area contributed by atoms with Gasteiger partial charge in [0.05, 0.1) is 29.8 Å². The summed E-state index contributed by atoms with van der Waals surface area (Å²) in [5.41, 5.74) is -0.161. The first-order chi connectivity index (χ1) is 13.1. The molecule has 1 aliphatic carbocycles. The number of rotatable bonds is 6. The highest BCUT2D eigenvalue weighted by Gasteiger charge is 2.36. The van der Waals surface area contributed by atoms with Crippen LogP contribution in [0.25, 0.3) is 0 Å². The van der Waals surface area contributed by atoms with Crippen LogP contribution < -0.4 is 5.32 Å². The fraction of sp³-hybridized carbons (Fsp3) is 0.800. The molecule has 27 heavy (non-hydrogen) atoms. The van der Waals surface area contributed by atoms with Crippen LogP contribution in [0.1, 0.15) is 61.6 Å². The standard InChI is InChI=1S/C20H30FN3O2S/c21-20(14-22-18(25)16-5-10-26-12-16)6-8-24(9-7-20)11-17-13-27-19(23-17)15-3-1-2-4-15/h13,15-16H,1-12,14H2,(H,22,25). The predicted molar refractivity (Wildman–Crippen MR) is 104 cm³/mol. The minimum absolute atomic E-state index is 0.0612. The van der Waals surface area contributed by atoms with Crippen molar-refractivity contribution < 1.29 is 13.9 Å². The fourth-order valence-electron chi connectivity index (χ4n) is 4.40. The average molecular weight is 396 g/mol. The Balaban J connectivity index is 1.21. The Labute approximate surface area is 164 Å². The third kappa shape index (κ3) is 4.87. The van der Waals surface area contributed by atoms with Crippen molar-refractivity contribution in [1.29, 1.82) is 0 Å². The molecular weight excluding hydrogens is 365 g/mol. The Bertz CT molecular complexity index is 633. The summed E-state index contributed by atoms with van der Waals surface area (Å²) in [7, 11) is 0. The molecule has 3 fully saturated rings. The average Bonchev–Trinajstić information content (AvgIpc) is 3.43. The second kappa shape index (κ2) is 8.53. The molecule has 4 rings (SSSR count). The van der Waals surface area contributed by atoms with Gasteiger partial charge in [0.2, 0.25) is 5.91 Å². The van der Waals surface area contributed by atoms with Crippen molar-refractivity contribution in [2.24, 2.45) is 5.92 Å². The molecule has 3 aliphatic rings. The van der Waals surface area contributed by atoms with E-state index < -0.39 is 5.67 Å². The molecule has 1 aromatic heterocycles. The molecule has 2 saturated heterocycles. The van der Waals surface area contributed by atoms with Gasteiger partial charge < -0.3 is 10.1 Å². The molecule has 5 nitrogen and oxygen atoms in total. The van der Waals surface area contributed by atoms with Gasteiger partial charge >= 0.3 is 0 Å². The molecule has 0 radical (unpaired) electrons. The lowest BCUT2D eigenvalue weighted by atomic mass is 9.93. The van der Waals surface area contributed by atoms with Gasteiger partial charge in [0.15, 0.2) is 0 Å². The summed E-state index contributed by atoms with van der Waals surface area (Å²) in [5, 5.41) is 6.28. The normalized spacial score (nSPS) is 26.5. The van der Waals surface area contributed by atoms with Crippen LogP contribution in [0.3, 0.4) is 0 Å². The Hall–Kier alpha value is -1.05. The molecule has 1 unspecified atom stereocenters. The molecule has 150 valence electrons. The van der Waals surface area contributed by atoms with Crippen LogP contribution in [0.5, 0.6) is 0 Å². The highest BCUT2D eigenvalue weighted by molar-refractivity contribution is 7.09. The summed E-state index contributed by atoms with van der Waals surface area (Å²) in [6.07, 6.45) is 6.89. The maximum atomic E-state index is 15.1. The Kier molecular flexibility index (Phi) is 6.09. The monoisotopic (exact) mass is 395 g/mol. The Morgan fingerprint density at radius 3 is 2.81 bits per heavy atom. The third-order valence-electron chi connectivity index (χ3n) is 6.29. The fourth-order valence-corrected chi connectivity index (χ4v) is 5.39. The summed E-state index contributed by atoms with van der Waals surface area (Å²) in [5.74, 6) is 0.499. The number of carbonyl (C=O) groups excluding carboxylic acids is 1. The third-order valence-corrected chi connectivity index (χ3v) is 7.35. The number of hydrogen-bond acceptors (Lipinski definition) is 5. The summed E-state index contributed by atoms with van der Waals surface area (Å²) in [4.78, 5) is 19.2. The van der Waals surface area contributed by atoms with Crippen LogP contribution >= 0.6 is 11.3 Å². The molecule has 1 aromatic rings. The maximum absolute atomic E-state index is 15.1. The van der Waals surface area contributed by atoms with Crippen molar-refractivity contribution in [2.45, 2.75) is 63.1 Å². The predicted octanol–water partition coefficient (Wildman–Crippen LogP) is 3.26. The topological polar surface area (TPSA) is 54.5 Å². The number of nitrogens with one attached hydrogen (secondary N) is 1. The first-order valence-electron chi connectivity index (χ1n) is 10.3. The number of aromatic nitrogens is 1. The van der Waals surface area contributed by atoms with E-state index in [2.05, 4.69) is 15.6 Å². The summed E-state index contributed by atoms with van der Waals surface area (Å²) in [6.45, 7) is 3.47. The number of hydrogen-bond donors (Lipinski definition) is 1. The van der Waals surface area contributed by atoms with Crippen molar-refractivity contribution in [3.8, 4) is 0 Å². The molecule has 3 heterocycles. The molecule has 0 spiro atoms. The van der Waals surface area contributed by atoms with E-state index in [1.165, 1.54) is 30.7 Å². The van der Waals surface area contributed by atoms with Crippen molar-refractivity contribution >= 4 is 17.2 Å². The lowest BCUT2D eigenvalue weighted by Crippen LogP contribution is -2.49. The van der Waals surface area contributed by atoms with Crippen LogP contribution in [0.2, 0.25) is 0 Å². The number of nitrogens with zero attached hydrogens (tertiary/aromatic N) is 2. The van der Waals surface area contributed by atoms with Crippen LogP contribution in [0, 0.1) is 5.92 Å². The second-order valence-electron chi connectivity index (χ2n) is 8.36. The molecule has 1 saturated carbocycles. The number of piperidine rings is 1. The van der Waals surface area contributed by atoms with Gasteiger partial charge in [-0.15, -0.1) is 11.3 Å². The first-order valence-corrected chi connectivity index (χ1v) is 11.2. The molecule has 1 amide bonds. The number of carbonyl (C=O) groups is 1. The summed E-state index contributed by atoms with van der Waals surface area (Å²) < 4.78 is 20.3. The molecule has 1 N–H and O–H groups in total. The van der Waals surface area contributed by atoms with Gasteiger partial charge in [-0.05, 0) is 32.1 Å². The number of amides is 1. The molecule has 7 heteroatoms. The first kappa shape index (κ1) is 19.3. The van der Waals surface area contributed by atoms with Crippen molar-refractivity contribution in [3.05, 3.63) is 16.1 Å². The van der Waals surface area contributed by atoms with Gasteiger partial charge in [-0.3, -0.25) is 9.69 Å². The van der Waals surface area contributed by atoms with Crippen LogP contribution in [-0.4, -0.2) is 54.3 Å². The maximum Gasteiger partial charge on any atom is 0.225 e. The van der Waals surface area contributed by atoms with Gasteiger partial charge in [0.1, 0.15) is 5.67 Å². The zero-order valence-electron chi connectivity index (χ0n) is 15.9. The minimum Gasteiger partial charge on any atom is -0.381 e. The van der Waals surface area contributed by atoms with Gasteiger partial charge in [-0.1, -0.05) is 12.8 Å². The molecule has 1 atom stereocenters. The molecule has 2 aliphatic heterocycles. The van der Waals surface area contributed by atoms with E-state index in [4.69, 9.17) is 9.72 Å². The minimum atomic E-state index is -1.29. The van der Waals surface area contributed by atoms with Crippen LogP contribution in [0.4, 0.5) is 4.39 Å². The summed E-state index contributed by atoms with van der Waals surface area (Å²) in [6, 6.07) is 0. The van der Waals surface area contributed by atoms with Crippen molar-refractivity contribution in [3.63, 3.8) is 0 Å². The zero-order chi connectivity index (χ0) is 18.7. The quantitative estimate of drug-likeness (QED) is 0.803. The number of halogens is 1. The lowest BCUT2D eigenvalue weighted by Gasteiger charge is -2.36. The highest BCUT2D eigenvalue weighted by atomic mass is 32.1.